The fourth-order valence-electron chi connectivity index (χ4n) is 3.90. The standard InChI is InChI=1S/C25H20F2N4O3/c1-2-33-22-12-5-17-15-30(19-8-11-21-16(14-19)4-3-13-28-21)25(32)31(23(17)29-22)18-6-9-20(10-7-18)34-24(26)27/h3-14,24H,2,15H2,1H3. The molecule has 7 nitrogen and oxygen atoms in total. The van der Waals surface area contributed by atoms with Gasteiger partial charge < -0.3 is 9.47 Å². The molecule has 0 atom stereocenters. The molecule has 1 aliphatic heterocycles. The van der Waals surface area contributed by atoms with Crippen LogP contribution in [0.15, 0.2) is 72.9 Å². The van der Waals surface area contributed by atoms with Crippen molar-refractivity contribution in [1.82, 2.24) is 9.97 Å². The lowest BCUT2D eigenvalue weighted by atomic mass is 10.1. The number of carbonyl (C=O) groups is 1. The number of urea groups is 1. The molecule has 0 N–H and O–H groups in total. The van der Waals surface area contributed by atoms with E-state index < -0.39 is 6.61 Å². The Labute approximate surface area is 194 Å². The molecule has 0 saturated carbocycles. The number of aromatic nitrogens is 2. The van der Waals surface area contributed by atoms with E-state index in [-0.39, 0.29) is 11.8 Å². The molecule has 0 fully saturated rings. The fraction of sp³-hybridized carbons (Fsp3) is 0.160. The van der Waals surface area contributed by atoms with Crippen LogP contribution in [0.25, 0.3) is 10.9 Å². The predicted molar refractivity (Wildman–Crippen MR) is 124 cm³/mol. The third kappa shape index (κ3) is 4.07. The number of anilines is 3. The summed E-state index contributed by atoms with van der Waals surface area (Å²) in [7, 11) is 0. The summed E-state index contributed by atoms with van der Waals surface area (Å²) in [4.78, 5) is 25.7. The zero-order chi connectivity index (χ0) is 23.7. The van der Waals surface area contributed by atoms with Crippen LogP contribution in [0.1, 0.15) is 12.5 Å². The van der Waals surface area contributed by atoms with Crippen molar-refractivity contribution >= 4 is 34.1 Å². The number of amides is 2. The largest absolute Gasteiger partial charge is 0.478 e. The van der Waals surface area contributed by atoms with Crippen molar-refractivity contribution in [2.24, 2.45) is 0 Å². The van der Waals surface area contributed by atoms with Crippen molar-refractivity contribution in [3.05, 3.63) is 78.5 Å². The Kier molecular flexibility index (Phi) is 5.67. The van der Waals surface area contributed by atoms with Crippen LogP contribution < -0.4 is 19.3 Å². The third-order valence-electron chi connectivity index (χ3n) is 5.40. The van der Waals surface area contributed by atoms with Gasteiger partial charge in [0.1, 0.15) is 11.6 Å². The Hall–Kier alpha value is -4.27. The first kappa shape index (κ1) is 21.6. The molecule has 4 aromatic rings. The number of halogens is 2. The minimum Gasteiger partial charge on any atom is -0.478 e. The number of pyridine rings is 2. The third-order valence-corrected chi connectivity index (χ3v) is 5.40. The molecule has 2 aromatic carbocycles. The number of carbonyl (C=O) groups excluding carboxylic acids is 1. The van der Waals surface area contributed by atoms with Gasteiger partial charge in [-0.05, 0) is 61.5 Å². The summed E-state index contributed by atoms with van der Waals surface area (Å²) in [5.41, 5.74) is 2.79. The maximum absolute atomic E-state index is 13.8. The van der Waals surface area contributed by atoms with Crippen LogP contribution in [0.2, 0.25) is 0 Å². The van der Waals surface area contributed by atoms with Crippen molar-refractivity contribution < 1.29 is 23.0 Å². The van der Waals surface area contributed by atoms with Gasteiger partial charge in [-0.3, -0.25) is 9.88 Å². The van der Waals surface area contributed by atoms with Gasteiger partial charge in [-0.25, -0.2) is 9.69 Å². The lowest BCUT2D eigenvalue weighted by Gasteiger charge is -2.36. The van der Waals surface area contributed by atoms with Crippen molar-refractivity contribution in [3.63, 3.8) is 0 Å². The zero-order valence-electron chi connectivity index (χ0n) is 18.2. The van der Waals surface area contributed by atoms with Crippen molar-refractivity contribution in [2.75, 3.05) is 16.4 Å². The summed E-state index contributed by atoms with van der Waals surface area (Å²) in [5.74, 6) is 0.817. The molecule has 0 aliphatic carbocycles. The monoisotopic (exact) mass is 462 g/mol. The maximum Gasteiger partial charge on any atom is 0.387 e. The van der Waals surface area contributed by atoms with Crippen LogP contribution in [0, 0.1) is 0 Å². The molecule has 0 unspecified atom stereocenters. The van der Waals surface area contributed by atoms with Gasteiger partial charge in [0.25, 0.3) is 0 Å². The van der Waals surface area contributed by atoms with Crippen molar-refractivity contribution in [1.29, 1.82) is 0 Å². The fourth-order valence-corrected chi connectivity index (χ4v) is 3.90. The summed E-state index contributed by atoms with van der Waals surface area (Å²) in [6.07, 6.45) is 1.72. The summed E-state index contributed by atoms with van der Waals surface area (Å²) >= 11 is 0. The van der Waals surface area contributed by atoms with Gasteiger partial charge in [0.15, 0.2) is 0 Å². The molecule has 172 valence electrons. The summed E-state index contributed by atoms with van der Waals surface area (Å²) in [5, 5.41) is 0.906. The Bertz CT molecular complexity index is 1350. The van der Waals surface area contributed by atoms with Gasteiger partial charge >= 0.3 is 12.6 Å². The van der Waals surface area contributed by atoms with E-state index in [2.05, 4.69) is 14.7 Å². The Balaban J connectivity index is 1.58. The van der Waals surface area contributed by atoms with Gasteiger partial charge in [-0.2, -0.15) is 13.8 Å². The molecule has 1 aliphatic rings. The number of benzene rings is 2. The highest BCUT2D eigenvalue weighted by atomic mass is 19.3. The second kappa shape index (κ2) is 8.93. The lowest BCUT2D eigenvalue weighted by molar-refractivity contribution is -0.0498. The molecule has 0 saturated heterocycles. The molecule has 0 radical (unpaired) electrons. The lowest BCUT2D eigenvalue weighted by Crippen LogP contribution is -2.45. The van der Waals surface area contributed by atoms with Crippen LogP contribution >= 0.6 is 0 Å². The summed E-state index contributed by atoms with van der Waals surface area (Å²) < 4.78 is 35.1. The molecule has 2 amide bonds. The second-order valence-corrected chi connectivity index (χ2v) is 7.52. The van der Waals surface area contributed by atoms with Crippen LogP contribution in [-0.4, -0.2) is 29.2 Å². The van der Waals surface area contributed by atoms with E-state index in [1.165, 1.54) is 17.0 Å². The van der Waals surface area contributed by atoms with E-state index in [4.69, 9.17) is 4.74 Å². The number of alkyl halides is 2. The number of hydrogen-bond acceptors (Lipinski definition) is 5. The average Bonchev–Trinajstić information content (AvgIpc) is 2.84. The smallest absolute Gasteiger partial charge is 0.387 e. The first-order valence-electron chi connectivity index (χ1n) is 10.7. The SMILES string of the molecule is CCOc1ccc2c(n1)N(c1ccc(OC(F)F)cc1)C(=O)N(c1ccc3ncccc3c1)C2. The van der Waals surface area contributed by atoms with Gasteiger partial charge in [0.2, 0.25) is 5.88 Å². The summed E-state index contributed by atoms with van der Waals surface area (Å²) in [6, 6.07) is 18.6. The highest BCUT2D eigenvalue weighted by Crippen LogP contribution is 2.38. The van der Waals surface area contributed by atoms with Crippen molar-refractivity contribution in [2.45, 2.75) is 20.1 Å². The van der Waals surface area contributed by atoms with E-state index in [9.17, 15) is 13.6 Å². The topological polar surface area (TPSA) is 67.8 Å². The normalized spacial score (nSPS) is 13.4. The van der Waals surface area contributed by atoms with Crippen LogP contribution in [0.4, 0.5) is 30.8 Å². The Morgan fingerprint density at radius 2 is 1.82 bits per heavy atom. The predicted octanol–water partition coefficient (Wildman–Crippen LogP) is 5.91. The Morgan fingerprint density at radius 3 is 2.59 bits per heavy atom. The number of nitrogens with zero attached hydrogens (tertiary/aromatic N) is 4. The summed E-state index contributed by atoms with van der Waals surface area (Å²) in [6.45, 7) is -0.349. The number of hydrogen-bond donors (Lipinski definition) is 0. The number of rotatable bonds is 6. The average molecular weight is 462 g/mol. The molecule has 2 aromatic heterocycles. The number of ether oxygens (including phenoxy) is 2. The van der Waals surface area contributed by atoms with Gasteiger partial charge in [-0.15, -0.1) is 0 Å². The van der Waals surface area contributed by atoms with E-state index in [1.54, 1.807) is 29.3 Å². The molecule has 9 heteroatoms. The molecular formula is C25H20F2N4O3. The Morgan fingerprint density at radius 1 is 1.03 bits per heavy atom. The van der Waals surface area contributed by atoms with E-state index in [0.717, 1.165) is 16.5 Å². The molecule has 34 heavy (non-hydrogen) atoms. The highest BCUT2D eigenvalue weighted by molar-refractivity contribution is 6.10. The first-order valence-corrected chi connectivity index (χ1v) is 10.7. The molecule has 0 bridgehead atoms. The minimum absolute atomic E-state index is 0.00153. The molecular weight excluding hydrogens is 442 g/mol. The van der Waals surface area contributed by atoms with Crippen molar-refractivity contribution in [3.8, 4) is 11.6 Å². The van der Waals surface area contributed by atoms with E-state index in [1.807, 2.05) is 43.3 Å². The van der Waals surface area contributed by atoms with Gasteiger partial charge in [0, 0.05) is 28.9 Å². The molecule has 3 heterocycles. The van der Waals surface area contributed by atoms with E-state index in [0.29, 0.717) is 36.2 Å². The zero-order valence-corrected chi connectivity index (χ0v) is 18.2. The van der Waals surface area contributed by atoms with Gasteiger partial charge in [0.05, 0.1) is 24.4 Å². The van der Waals surface area contributed by atoms with Gasteiger partial charge in [-0.1, -0.05) is 6.07 Å². The van der Waals surface area contributed by atoms with Crippen LogP contribution in [-0.2, 0) is 6.54 Å². The maximum atomic E-state index is 13.8. The first-order chi connectivity index (χ1) is 16.5. The minimum atomic E-state index is -2.93. The molecule has 0 spiro atoms. The van der Waals surface area contributed by atoms with Crippen LogP contribution in [0.5, 0.6) is 11.6 Å². The quantitative estimate of drug-likeness (QED) is 0.356. The second-order valence-electron chi connectivity index (χ2n) is 7.52. The highest BCUT2D eigenvalue weighted by Gasteiger charge is 2.34. The number of fused-ring (bicyclic) bond motifs is 2. The molecule has 5 rings (SSSR count). The van der Waals surface area contributed by atoms with Crippen LogP contribution in [0.3, 0.4) is 0 Å². The van der Waals surface area contributed by atoms with E-state index >= 15 is 0 Å².